The van der Waals surface area contributed by atoms with Gasteiger partial charge in [0.25, 0.3) is 17.0 Å². The first-order chi connectivity index (χ1) is 17.9. The van der Waals surface area contributed by atoms with E-state index < -0.39 is 11.1 Å². The van der Waals surface area contributed by atoms with Gasteiger partial charge in [0.2, 0.25) is 4.96 Å². The van der Waals surface area contributed by atoms with Gasteiger partial charge in [0.05, 0.1) is 17.8 Å². The summed E-state index contributed by atoms with van der Waals surface area (Å²) in [5.74, 6) is -0.273. The zero-order valence-electron chi connectivity index (χ0n) is 19.6. The molecule has 0 spiro atoms. The molecule has 0 unspecified atom stereocenters. The number of amides is 1. The average Bonchev–Trinajstić information content (AvgIpc) is 3.33. The lowest BCUT2D eigenvalue weighted by Crippen LogP contribution is -2.33. The van der Waals surface area contributed by atoms with Crippen LogP contribution in [0, 0.1) is 6.92 Å². The second kappa shape index (κ2) is 9.17. The average molecular weight is 571 g/mol. The van der Waals surface area contributed by atoms with Crippen LogP contribution in [0.4, 0.5) is 5.69 Å². The molecule has 7 nitrogen and oxygen atoms in total. The molecule has 1 amide bonds. The first-order valence-electron chi connectivity index (χ1n) is 11.6. The summed E-state index contributed by atoms with van der Waals surface area (Å²) in [6, 6.07) is 23.0. The number of halogens is 1. The minimum atomic E-state index is -0.483. The molecule has 0 saturated carbocycles. The van der Waals surface area contributed by atoms with Gasteiger partial charge in [-0.25, -0.2) is 0 Å². The molecular formula is C28H19BrN4O3S. The molecule has 1 aliphatic rings. The number of carbonyl (C=O) groups is 1. The van der Waals surface area contributed by atoms with Crippen molar-refractivity contribution in [3.05, 3.63) is 130 Å². The minimum absolute atomic E-state index is 0.163. The Hall–Kier alpha value is -3.95. The molecule has 2 aromatic heterocycles. The molecule has 1 aliphatic heterocycles. The fourth-order valence-electron chi connectivity index (χ4n) is 4.45. The molecule has 37 heavy (non-hydrogen) atoms. The van der Waals surface area contributed by atoms with Crippen molar-refractivity contribution in [2.75, 3.05) is 4.90 Å². The molecule has 0 atom stereocenters. The van der Waals surface area contributed by atoms with E-state index in [9.17, 15) is 14.4 Å². The smallest absolute Gasteiger partial charge is 0.296 e. The highest BCUT2D eigenvalue weighted by atomic mass is 79.9. The third-order valence-corrected chi connectivity index (χ3v) is 7.83. The SMILES string of the molecule is Cc1ccc(CN2C(=O)/C(=c3\sc4nc(=O)c(Cc5ccccc5)nn4c3=O)c3cc(Br)ccc32)cc1. The van der Waals surface area contributed by atoms with Crippen molar-refractivity contribution in [2.24, 2.45) is 0 Å². The van der Waals surface area contributed by atoms with Crippen molar-refractivity contribution in [2.45, 2.75) is 19.9 Å². The predicted octanol–water partition coefficient (Wildman–Crippen LogP) is 3.64. The van der Waals surface area contributed by atoms with E-state index in [1.54, 1.807) is 4.90 Å². The van der Waals surface area contributed by atoms with Crippen molar-refractivity contribution in [3.8, 4) is 0 Å². The standard InChI is InChI=1S/C28H19BrN4O3S/c1-16-7-9-18(10-8-16)15-32-22-12-11-19(29)14-20(22)23(26(32)35)24-27(36)33-28(37-24)30-25(34)21(31-33)13-17-5-3-2-4-6-17/h2-12,14H,13,15H2,1H3/b24-23-. The van der Waals surface area contributed by atoms with E-state index in [4.69, 9.17) is 0 Å². The fraction of sp³-hybridized carbons (Fsp3) is 0.107. The Bertz CT molecular complexity index is 1860. The van der Waals surface area contributed by atoms with Gasteiger partial charge in [0.15, 0.2) is 0 Å². The largest absolute Gasteiger partial charge is 0.303 e. The number of thiazole rings is 1. The summed E-state index contributed by atoms with van der Waals surface area (Å²) in [6.45, 7) is 2.38. The van der Waals surface area contributed by atoms with E-state index in [2.05, 4.69) is 26.0 Å². The Morgan fingerprint density at radius 3 is 2.43 bits per heavy atom. The molecule has 182 valence electrons. The summed E-state index contributed by atoms with van der Waals surface area (Å²) in [4.78, 5) is 46.0. The van der Waals surface area contributed by atoms with Crippen LogP contribution in [0.1, 0.15) is 27.9 Å². The molecule has 5 aromatic rings. The molecule has 0 radical (unpaired) electrons. The number of hydrogen-bond donors (Lipinski definition) is 0. The van der Waals surface area contributed by atoms with E-state index in [1.165, 1.54) is 0 Å². The number of benzene rings is 3. The van der Waals surface area contributed by atoms with Crippen molar-refractivity contribution in [1.82, 2.24) is 14.6 Å². The van der Waals surface area contributed by atoms with Gasteiger partial charge in [-0.15, -0.1) is 0 Å². The lowest BCUT2D eigenvalue weighted by atomic mass is 10.1. The molecule has 6 rings (SSSR count). The molecule has 0 fully saturated rings. The topological polar surface area (TPSA) is 84.6 Å². The maximum absolute atomic E-state index is 13.8. The van der Waals surface area contributed by atoms with Crippen LogP contribution in [0.15, 0.2) is 86.9 Å². The third-order valence-electron chi connectivity index (χ3n) is 6.31. The quantitative estimate of drug-likeness (QED) is 0.329. The van der Waals surface area contributed by atoms with Gasteiger partial charge in [-0.2, -0.15) is 14.6 Å². The monoisotopic (exact) mass is 570 g/mol. The summed E-state index contributed by atoms with van der Waals surface area (Å²) < 4.78 is 2.14. The van der Waals surface area contributed by atoms with Crippen LogP contribution in [-0.4, -0.2) is 20.5 Å². The molecule has 0 saturated heterocycles. The van der Waals surface area contributed by atoms with Crippen LogP contribution in [0.5, 0.6) is 0 Å². The second-order valence-corrected chi connectivity index (χ2v) is 10.8. The molecular weight excluding hydrogens is 552 g/mol. The summed E-state index contributed by atoms with van der Waals surface area (Å²) in [7, 11) is 0. The van der Waals surface area contributed by atoms with Crippen LogP contribution >= 0.6 is 27.3 Å². The number of carbonyl (C=O) groups excluding carboxylic acids is 1. The Morgan fingerprint density at radius 1 is 0.919 bits per heavy atom. The number of nitrogens with zero attached hydrogens (tertiary/aromatic N) is 4. The first-order valence-corrected chi connectivity index (χ1v) is 13.2. The molecule has 0 bridgehead atoms. The number of anilines is 1. The molecule has 0 N–H and O–H groups in total. The molecule has 3 aromatic carbocycles. The van der Waals surface area contributed by atoms with Crippen molar-refractivity contribution in [3.63, 3.8) is 0 Å². The number of fused-ring (bicyclic) bond motifs is 2. The van der Waals surface area contributed by atoms with E-state index in [0.717, 1.165) is 42.7 Å². The second-order valence-electron chi connectivity index (χ2n) is 8.87. The third kappa shape index (κ3) is 4.20. The van der Waals surface area contributed by atoms with Crippen LogP contribution in [0.25, 0.3) is 10.5 Å². The molecule has 9 heteroatoms. The van der Waals surface area contributed by atoms with E-state index >= 15 is 0 Å². The van der Waals surface area contributed by atoms with Gasteiger partial charge >= 0.3 is 0 Å². The van der Waals surface area contributed by atoms with Crippen molar-refractivity contribution < 1.29 is 4.79 Å². The van der Waals surface area contributed by atoms with Crippen LogP contribution in [0.2, 0.25) is 0 Å². The Kier molecular flexibility index (Phi) is 5.81. The normalized spacial score (nSPS) is 14.4. The highest BCUT2D eigenvalue weighted by Gasteiger charge is 2.34. The number of hydrogen-bond acceptors (Lipinski definition) is 6. The van der Waals surface area contributed by atoms with Gasteiger partial charge in [-0.05, 0) is 36.2 Å². The predicted molar refractivity (Wildman–Crippen MR) is 147 cm³/mol. The minimum Gasteiger partial charge on any atom is -0.303 e. The van der Waals surface area contributed by atoms with E-state index in [-0.39, 0.29) is 27.5 Å². The maximum atomic E-state index is 13.8. The van der Waals surface area contributed by atoms with Gasteiger partial charge in [0.1, 0.15) is 10.2 Å². The van der Waals surface area contributed by atoms with Gasteiger partial charge in [0, 0.05) is 16.5 Å². The zero-order valence-corrected chi connectivity index (χ0v) is 22.0. The van der Waals surface area contributed by atoms with E-state index in [0.29, 0.717) is 17.7 Å². The number of rotatable bonds is 4. The van der Waals surface area contributed by atoms with E-state index in [1.807, 2.05) is 79.7 Å². The Labute approximate surface area is 223 Å². The molecule has 0 aliphatic carbocycles. The Balaban J connectivity index is 1.51. The van der Waals surface area contributed by atoms with Crippen LogP contribution in [0.3, 0.4) is 0 Å². The van der Waals surface area contributed by atoms with Crippen molar-refractivity contribution >= 4 is 49.4 Å². The maximum Gasteiger partial charge on any atom is 0.296 e. The lowest BCUT2D eigenvalue weighted by molar-refractivity contribution is -0.113. The summed E-state index contributed by atoms with van der Waals surface area (Å²) in [5.41, 5.74) is 3.91. The first kappa shape index (κ1) is 23.4. The highest BCUT2D eigenvalue weighted by Crippen LogP contribution is 2.38. The summed E-state index contributed by atoms with van der Waals surface area (Å²) in [5, 5.41) is 4.35. The van der Waals surface area contributed by atoms with Crippen LogP contribution in [-0.2, 0) is 17.8 Å². The zero-order chi connectivity index (χ0) is 25.7. The molecule has 3 heterocycles. The van der Waals surface area contributed by atoms with Gasteiger partial charge in [-0.3, -0.25) is 14.4 Å². The lowest BCUT2D eigenvalue weighted by Gasteiger charge is -2.17. The number of aryl methyl sites for hydroxylation is 1. The summed E-state index contributed by atoms with van der Waals surface area (Å²) >= 11 is 4.51. The highest BCUT2D eigenvalue weighted by molar-refractivity contribution is 9.10. The van der Waals surface area contributed by atoms with Crippen LogP contribution < -0.4 is 20.6 Å². The Morgan fingerprint density at radius 2 is 1.68 bits per heavy atom. The fourth-order valence-corrected chi connectivity index (χ4v) is 5.80. The van der Waals surface area contributed by atoms with Gasteiger partial charge in [-0.1, -0.05) is 87.4 Å². The van der Waals surface area contributed by atoms with Crippen molar-refractivity contribution in [1.29, 1.82) is 0 Å². The summed E-state index contributed by atoms with van der Waals surface area (Å²) in [6.07, 6.45) is 0.260. The number of aromatic nitrogens is 3. The van der Waals surface area contributed by atoms with Gasteiger partial charge < -0.3 is 4.90 Å².